The molecule has 0 heterocycles. The van der Waals surface area contributed by atoms with Crippen LogP contribution in [0.2, 0.25) is 5.02 Å². The molecule has 1 aromatic carbocycles. The van der Waals surface area contributed by atoms with Crippen molar-refractivity contribution in [1.82, 2.24) is 4.90 Å². The number of benzene rings is 1. The number of likely N-dealkylation sites (N-methyl/N-ethyl adjacent to an activating group) is 1. The summed E-state index contributed by atoms with van der Waals surface area (Å²) in [6, 6.07) is 5.13. The van der Waals surface area contributed by atoms with Gasteiger partial charge in [-0.3, -0.25) is 9.69 Å². The Morgan fingerprint density at radius 1 is 1.58 bits per heavy atom. The lowest BCUT2D eigenvalue weighted by Crippen LogP contribution is -2.38. The van der Waals surface area contributed by atoms with Crippen molar-refractivity contribution in [1.29, 1.82) is 0 Å². The summed E-state index contributed by atoms with van der Waals surface area (Å²) in [7, 11) is 3.50. The molecule has 3 N–H and O–H groups in total. The highest BCUT2D eigenvalue weighted by Gasteiger charge is 2.13. The van der Waals surface area contributed by atoms with Crippen LogP contribution in [0.3, 0.4) is 0 Å². The van der Waals surface area contributed by atoms with Crippen LogP contribution < -0.4 is 11.1 Å². The number of nitrogens with two attached hydrogens (primary N) is 1. The average Bonchev–Trinajstić information content (AvgIpc) is 2.34. The summed E-state index contributed by atoms with van der Waals surface area (Å²) in [5.74, 6) is -0.139. The third-order valence-corrected chi connectivity index (χ3v) is 3.08. The van der Waals surface area contributed by atoms with Gasteiger partial charge in [0.1, 0.15) is 0 Å². The Balaban J connectivity index is 2.57. The summed E-state index contributed by atoms with van der Waals surface area (Å²) in [5, 5.41) is 3.28. The van der Waals surface area contributed by atoms with E-state index in [1.807, 2.05) is 18.9 Å². The number of anilines is 2. The quantitative estimate of drug-likeness (QED) is 0.783. The largest absolute Gasteiger partial charge is 0.397 e. The number of amides is 1. The standard InChI is InChI=1S/C13H20ClN3O2/c1-9(8-19-3)17(2)7-13(18)16-12-6-10(14)4-5-11(12)15/h4-6,9H,7-8,15H2,1-3H3,(H,16,18). The van der Waals surface area contributed by atoms with E-state index < -0.39 is 0 Å². The SMILES string of the molecule is COCC(C)N(C)CC(=O)Nc1cc(Cl)ccc1N. The van der Waals surface area contributed by atoms with Crippen LogP contribution in [0, 0.1) is 0 Å². The van der Waals surface area contributed by atoms with E-state index in [0.717, 1.165) is 0 Å². The fourth-order valence-electron chi connectivity index (χ4n) is 1.58. The van der Waals surface area contributed by atoms with Gasteiger partial charge in [-0.25, -0.2) is 0 Å². The molecule has 1 unspecified atom stereocenters. The number of hydrogen-bond acceptors (Lipinski definition) is 4. The summed E-state index contributed by atoms with van der Waals surface area (Å²) in [5.41, 5.74) is 6.79. The van der Waals surface area contributed by atoms with Crippen LogP contribution >= 0.6 is 11.6 Å². The molecule has 0 bridgehead atoms. The molecule has 106 valence electrons. The normalized spacial score (nSPS) is 12.5. The summed E-state index contributed by atoms with van der Waals surface area (Å²) >= 11 is 5.86. The van der Waals surface area contributed by atoms with E-state index in [0.29, 0.717) is 23.0 Å². The second-order valence-electron chi connectivity index (χ2n) is 4.50. The maximum Gasteiger partial charge on any atom is 0.238 e. The molecule has 6 heteroatoms. The molecular weight excluding hydrogens is 266 g/mol. The Bertz CT molecular complexity index is 440. The third kappa shape index (κ3) is 5.06. The second kappa shape index (κ2) is 7.33. The Morgan fingerprint density at radius 3 is 2.89 bits per heavy atom. The monoisotopic (exact) mass is 285 g/mol. The van der Waals surface area contributed by atoms with Crippen LogP contribution in [-0.4, -0.2) is 44.2 Å². The van der Waals surface area contributed by atoms with Crippen molar-refractivity contribution in [3.63, 3.8) is 0 Å². The topological polar surface area (TPSA) is 67.6 Å². The van der Waals surface area contributed by atoms with Gasteiger partial charge in [-0.1, -0.05) is 11.6 Å². The van der Waals surface area contributed by atoms with Crippen molar-refractivity contribution in [2.45, 2.75) is 13.0 Å². The minimum atomic E-state index is -0.139. The van der Waals surface area contributed by atoms with Crippen molar-refractivity contribution in [2.24, 2.45) is 0 Å². The molecule has 1 rings (SSSR count). The summed E-state index contributed by atoms with van der Waals surface area (Å²) in [6.07, 6.45) is 0. The smallest absolute Gasteiger partial charge is 0.238 e. The van der Waals surface area contributed by atoms with Crippen LogP contribution in [0.5, 0.6) is 0 Å². The van der Waals surface area contributed by atoms with Crippen molar-refractivity contribution < 1.29 is 9.53 Å². The van der Waals surface area contributed by atoms with Gasteiger partial charge in [0, 0.05) is 18.2 Å². The number of nitrogens with one attached hydrogen (secondary N) is 1. The molecule has 0 saturated heterocycles. The first-order valence-corrected chi connectivity index (χ1v) is 6.36. The molecule has 0 aliphatic heterocycles. The van der Waals surface area contributed by atoms with E-state index in [1.54, 1.807) is 25.3 Å². The third-order valence-electron chi connectivity index (χ3n) is 2.84. The lowest BCUT2D eigenvalue weighted by atomic mass is 10.2. The summed E-state index contributed by atoms with van der Waals surface area (Å²) in [6.45, 7) is 2.82. The number of methoxy groups -OCH3 is 1. The van der Waals surface area contributed by atoms with Crippen LogP contribution in [0.4, 0.5) is 11.4 Å². The molecule has 0 aliphatic carbocycles. The highest BCUT2D eigenvalue weighted by atomic mass is 35.5. The molecule has 0 aromatic heterocycles. The van der Waals surface area contributed by atoms with E-state index in [9.17, 15) is 4.79 Å². The lowest BCUT2D eigenvalue weighted by molar-refractivity contribution is -0.117. The van der Waals surface area contributed by atoms with Crippen molar-refractivity contribution in [2.75, 3.05) is 38.4 Å². The van der Waals surface area contributed by atoms with Crippen molar-refractivity contribution in [3.05, 3.63) is 23.2 Å². The zero-order chi connectivity index (χ0) is 14.4. The van der Waals surface area contributed by atoms with Gasteiger partial charge in [0.15, 0.2) is 0 Å². The summed E-state index contributed by atoms with van der Waals surface area (Å²) < 4.78 is 5.05. The van der Waals surface area contributed by atoms with Gasteiger partial charge in [0.25, 0.3) is 0 Å². The fraction of sp³-hybridized carbons (Fsp3) is 0.462. The number of nitrogens with zero attached hydrogens (tertiary/aromatic N) is 1. The predicted molar refractivity (Wildman–Crippen MR) is 78.5 cm³/mol. The number of halogens is 1. The number of rotatable bonds is 6. The highest BCUT2D eigenvalue weighted by Crippen LogP contribution is 2.22. The molecule has 1 atom stereocenters. The highest BCUT2D eigenvalue weighted by molar-refractivity contribution is 6.31. The average molecular weight is 286 g/mol. The van der Waals surface area contributed by atoms with E-state index in [1.165, 1.54) is 0 Å². The van der Waals surface area contributed by atoms with E-state index in [-0.39, 0.29) is 18.5 Å². The van der Waals surface area contributed by atoms with Gasteiger partial charge in [0.2, 0.25) is 5.91 Å². The molecule has 5 nitrogen and oxygen atoms in total. The van der Waals surface area contributed by atoms with E-state index >= 15 is 0 Å². The van der Waals surface area contributed by atoms with Crippen LogP contribution in [0.25, 0.3) is 0 Å². The van der Waals surface area contributed by atoms with Gasteiger partial charge in [-0.05, 0) is 32.2 Å². The van der Waals surface area contributed by atoms with Crippen LogP contribution in [0.1, 0.15) is 6.92 Å². The molecule has 1 aromatic rings. The van der Waals surface area contributed by atoms with Crippen LogP contribution in [0.15, 0.2) is 18.2 Å². The number of ether oxygens (including phenoxy) is 1. The van der Waals surface area contributed by atoms with Crippen molar-refractivity contribution in [3.8, 4) is 0 Å². The number of hydrogen-bond donors (Lipinski definition) is 2. The Kier molecular flexibility index (Phi) is 6.08. The Hall–Kier alpha value is -1.30. The zero-order valence-electron chi connectivity index (χ0n) is 11.4. The predicted octanol–water partition coefficient (Wildman–Crippen LogP) is 1.83. The second-order valence-corrected chi connectivity index (χ2v) is 4.94. The molecule has 0 aliphatic rings. The Labute approximate surface area is 118 Å². The molecule has 0 radical (unpaired) electrons. The van der Waals surface area contributed by atoms with E-state index in [4.69, 9.17) is 22.1 Å². The van der Waals surface area contributed by atoms with Crippen LogP contribution in [-0.2, 0) is 9.53 Å². The summed E-state index contributed by atoms with van der Waals surface area (Å²) in [4.78, 5) is 13.8. The van der Waals surface area contributed by atoms with Gasteiger partial charge in [-0.2, -0.15) is 0 Å². The zero-order valence-corrected chi connectivity index (χ0v) is 12.2. The minimum Gasteiger partial charge on any atom is -0.397 e. The first kappa shape index (κ1) is 15.8. The molecule has 0 saturated carbocycles. The van der Waals surface area contributed by atoms with Gasteiger partial charge in [-0.15, -0.1) is 0 Å². The number of nitrogen functional groups attached to an aromatic ring is 1. The number of carbonyl (C=O) groups is 1. The first-order chi connectivity index (χ1) is 8.93. The molecule has 0 spiro atoms. The fourth-order valence-corrected chi connectivity index (χ4v) is 1.75. The van der Waals surface area contributed by atoms with Crippen molar-refractivity contribution >= 4 is 28.9 Å². The maximum atomic E-state index is 11.9. The minimum absolute atomic E-state index is 0.139. The maximum absolute atomic E-state index is 11.9. The molecule has 0 fully saturated rings. The molecule has 1 amide bonds. The van der Waals surface area contributed by atoms with Gasteiger partial charge < -0.3 is 15.8 Å². The van der Waals surface area contributed by atoms with E-state index in [2.05, 4.69) is 5.32 Å². The Morgan fingerprint density at radius 2 is 2.26 bits per heavy atom. The van der Waals surface area contributed by atoms with Gasteiger partial charge >= 0.3 is 0 Å². The van der Waals surface area contributed by atoms with Gasteiger partial charge in [0.05, 0.1) is 24.5 Å². The lowest BCUT2D eigenvalue weighted by Gasteiger charge is -2.23. The molecule has 19 heavy (non-hydrogen) atoms. The first-order valence-electron chi connectivity index (χ1n) is 5.98. The number of carbonyl (C=O) groups excluding carboxylic acids is 1. The molecular formula is C13H20ClN3O2.